The molecule has 1 heteroatoms. The van der Waals surface area contributed by atoms with Crippen LogP contribution in [-0.2, 0) is 6.54 Å². The van der Waals surface area contributed by atoms with Gasteiger partial charge in [0.1, 0.15) is 0 Å². The van der Waals surface area contributed by atoms with Gasteiger partial charge in [0.05, 0.1) is 5.92 Å². The number of fused-ring (bicyclic) bond motifs is 2. The molecule has 0 saturated carbocycles. The van der Waals surface area contributed by atoms with E-state index in [1.165, 1.54) is 16.8 Å². The van der Waals surface area contributed by atoms with Gasteiger partial charge in [-0.15, -0.1) is 0 Å². The fourth-order valence-electron chi connectivity index (χ4n) is 2.47. The Morgan fingerprint density at radius 2 is 1.87 bits per heavy atom. The van der Waals surface area contributed by atoms with Crippen molar-refractivity contribution in [3.63, 3.8) is 0 Å². The van der Waals surface area contributed by atoms with Gasteiger partial charge in [0, 0.05) is 17.7 Å². The quantitative estimate of drug-likeness (QED) is 0.570. The number of hydrogen-bond donors (Lipinski definition) is 0. The van der Waals surface area contributed by atoms with Crippen LogP contribution in [0.25, 0.3) is 0 Å². The van der Waals surface area contributed by atoms with Gasteiger partial charge in [-0.05, 0) is 12.5 Å². The Balaban J connectivity index is 2.20. The van der Waals surface area contributed by atoms with Crippen molar-refractivity contribution in [3.05, 3.63) is 65.5 Å². The Morgan fingerprint density at radius 1 is 1.07 bits per heavy atom. The van der Waals surface area contributed by atoms with E-state index < -0.39 is 0 Å². The average Bonchev–Trinajstić information content (AvgIpc) is 2.30. The summed E-state index contributed by atoms with van der Waals surface area (Å²) >= 11 is 0. The molecule has 0 radical (unpaired) electrons. The summed E-state index contributed by atoms with van der Waals surface area (Å²) in [6, 6.07) is 15.2. The van der Waals surface area contributed by atoms with Crippen LogP contribution in [0.5, 0.6) is 0 Å². The van der Waals surface area contributed by atoms with Crippen molar-refractivity contribution < 1.29 is 4.57 Å². The molecule has 1 aliphatic heterocycles. The van der Waals surface area contributed by atoms with Crippen LogP contribution in [0.15, 0.2) is 48.7 Å². The first-order valence-corrected chi connectivity index (χ1v) is 5.42. The summed E-state index contributed by atoms with van der Waals surface area (Å²) in [6.45, 7) is 3.29. The molecule has 0 fully saturated rings. The lowest BCUT2D eigenvalue weighted by Crippen LogP contribution is -2.43. The molecule has 15 heavy (non-hydrogen) atoms. The van der Waals surface area contributed by atoms with Crippen molar-refractivity contribution in [2.75, 3.05) is 0 Å². The third-order valence-corrected chi connectivity index (χ3v) is 3.28. The Morgan fingerprint density at radius 3 is 2.80 bits per heavy atom. The molecule has 0 saturated heterocycles. The third kappa shape index (κ3) is 1.27. The number of nitrogens with zero attached hydrogens (tertiary/aromatic N) is 1. The Kier molecular flexibility index (Phi) is 1.84. The third-order valence-electron chi connectivity index (χ3n) is 3.28. The Hall–Kier alpha value is -1.63. The number of aromatic nitrogens is 1. The summed E-state index contributed by atoms with van der Waals surface area (Å²) < 4.78 is 2.34. The molecule has 0 spiro atoms. The average molecular weight is 196 g/mol. The van der Waals surface area contributed by atoms with E-state index in [0.717, 1.165) is 6.54 Å². The topological polar surface area (TPSA) is 3.88 Å². The molecule has 0 amide bonds. The van der Waals surface area contributed by atoms with Gasteiger partial charge in [0.25, 0.3) is 0 Å². The maximum Gasteiger partial charge on any atom is 0.188 e. The van der Waals surface area contributed by atoms with E-state index in [1.807, 2.05) is 0 Å². The van der Waals surface area contributed by atoms with Gasteiger partial charge in [0.2, 0.25) is 0 Å². The predicted octanol–water partition coefficient (Wildman–Crippen LogP) is 2.49. The zero-order valence-electron chi connectivity index (χ0n) is 8.85. The van der Waals surface area contributed by atoms with Crippen LogP contribution >= 0.6 is 0 Å². The summed E-state index contributed by atoms with van der Waals surface area (Å²) in [7, 11) is 0. The molecular weight excluding hydrogens is 182 g/mol. The lowest BCUT2D eigenvalue weighted by atomic mass is 9.89. The van der Waals surface area contributed by atoms with Crippen LogP contribution in [-0.4, -0.2) is 0 Å². The van der Waals surface area contributed by atoms with E-state index in [2.05, 4.69) is 60.2 Å². The van der Waals surface area contributed by atoms with E-state index >= 15 is 0 Å². The van der Waals surface area contributed by atoms with Crippen LogP contribution in [0.4, 0.5) is 0 Å². The van der Waals surface area contributed by atoms with Gasteiger partial charge in [-0.1, -0.05) is 30.3 Å². The van der Waals surface area contributed by atoms with Gasteiger partial charge in [0.15, 0.2) is 18.4 Å². The van der Waals surface area contributed by atoms with E-state index in [-0.39, 0.29) is 0 Å². The van der Waals surface area contributed by atoms with Crippen molar-refractivity contribution in [2.45, 2.75) is 19.4 Å². The SMILES string of the molecule is CC1c2ccccc2C[n+]2ccccc21. The van der Waals surface area contributed by atoms with Crippen molar-refractivity contribution in [1.82, 2.24) is 0 Å². The molecule has 1 aromatic heterocycles. The molecule has 3 rings (SSSR count). The molecule has 0 N–H and O–H groups in total. The molecule has 0 aliphatic carbocycles. The predicted molar refractivity (Wildman–Crippen MR) is 59.7 cm³/mol. The normalized spacial score (nSPS) is 18.1. The highest BCUT2D eigenvalue weighted by Crippen LogP contribution is 2.27. The second-order valence-electron chi connectivity index (χ2n) is 4.17. The lowest BCUT2D eigenvalue weighted by Gasteiger charge is -2.19. The highest BCUT2D eigenvalue weighted by Gasteiger charge is 2.26. The van der Waals surface area contributed by atoms with Crippen molar-refractivity contribution in [2.24, 2.45) is 0 Å². The molecule has 2 aromatic rings. The maximum atomic E-state index is 2.34. The molecule has 74 valence electrons. The number of hydrogen-bond acceptors (Lipinski definition) is 0. The van der Waals surface area contributed by atoms with Crippen molar-refractivity contribution >= 4 is 0 Å². The van der Waals surface area contributed by atoms with Crippen LogP contribution < -0.4 is 4.57 Å². The molecular formula is C14H14N+. The first-order chi connectivity index (χ1) is 7.36. The number of benzene rings is 1. The van der Waals surface area contributed by atoms with Crippen molar-refractivity contribution in [1.29, 1.82) is 0 Å². The lowest BCUT2D eigenvalue weighted by molar-refractivity contribution is -0.698. The van der Waals surface area contributed by atoms with Gasteiger partial charge < -0.3 is 0 Å². The molecule has 0 bridgehead atoms. The van der Waals surface area contributed by atoms with Gasteiger partial charge >= 0.3 is 0 Å². The fraction of sp³-hybridized carbons (Fsp3) is 0.214. The molecule has 1 aliphatic rings. The summed E-state index contributed by atoms with van der Waals surface area (Å²) in [6.07, 6.45) is 2.17. The largest absolute Gasteiger partial charge is 0.198 e. The fourth-order valence-corrected chi connectivity index (χ4v) is 2.47. The van der Waals surface area contributed by atoms with Gasteiger partial charge in [-0.2, -0.15) is 4.57 Å². The van der Waals surface area contributed by atoms with Crippen LogP contribution in [0.2, 0.25) is 0 Å². The van der Waals surface area contributed by atoms with E-state index in [4.69, 9.17) is 0 Å². The summed E-state index contributed by atoms with van der Waals surface area (Å²) in [5.74, 6) is 0.510. The molecule has 1 nitrogen and oxygen atoms in total. The highest BCUT2D eigenvalue weighted by atomic mass is 15.0. The second kappa shape index (κ2) is 3.20. The van der Waals surface area contributed by atoms with Crippen LogP contribution in [0.1, 0.15) is 29.7 Å². The molecule has 1 atom stereocenters. The van der Waals surface area contributed by atoms with E-state index in [9.17, 15) is 0 Å². The van der Waals surface area contributed by atoms with Crippen LogP contribution in [0, 0.1) is 0 Å². The summed E-state index contributed by atoms with van der Waals surface area (Å²) in [5, 5.41) is 0. The molecule has 2 heterocycles. The minimum absolute atomic E-state index is 0.510. The summed E-state index contributed by atoms with van der Waals surface area (Å²) in [5.41, 5.74) is 4.34. The second-order valence-corrected chi connectivity index (χ2v) is 4.17. The van der Waals surface area contributed by atoms with Crippen LogP contribution in [0.3, 0.4) is 0 Å². The first-order valence-electron chi connectivity index (χ1n) is 5.42. The Labute approximate surface area is 90.0 Å². The van der Waals surface area contributed by atoms with Crippen molar-refractivity contribution in [3.8, 4) is 0 Å². The van der Waals surface area contributed by atoms with E-state index in [1.54, 1.807) is 0 Å². The van der Waals surface area contributed by atoms with Gasteiger partial charge in [-0.25, -0.2) is 0 Å². The first kappa shape index (κ1) is 8.66. The number of pyridine rings is 1. The smallest absolute Gasteiger partial charge is 0.188 e. The monoisotopic (exact) mass is 196 g/mol. The number of rotatable bonds is 0. The zero-order chi connectivity index (χ0) is 10.3. The standard InChI is InChI=1S/C14H14N/c1-11-13-7-3-2-6-12(13)10-15-9-5-4-8-14(11)15/h2-9,11H,10H2,1H3/q+1. The summed E-state index contributed by atoms with van der Waals surface area (Å²) in [4.78, 5) is 0. The maximum absolute atomic E-state index is 2.34. The van der Waals surface area contributed by atoms with E-state index in [0.29, 0.717) is 5.92 Å². The highest BCUT2D eigenvalue weighted by molar-refractivity contribution is 5.35. The minimum Gasteiger partial charge on any atom is -0.198 e. The Bertz CT molecular complexity index is 457. The molecule has 1 aromatic carbocycles. The minimum atomic E-state index is 0.510. The molecule has 1 unspecified atom stereocenters. The van der Waals surface area contributed by atoms with Gasteiger partial charge in [-0.3, -0.25) is 0 Å². The zero-order valence-corrected chi connectivity index (χ0v) is 8.85.